The number of nitrogens with one attached hydrogen (secondary N) is 1. The molecule has 0 amide bonds. The summed E-state index contributed by atoms with van der Waals surface area (Å²) in [6, 6.07) is 3.06. The van der Waals surface area contributed by atoms with Crippen LogP contribution in [0, 0.1) is 5.92 Å². The van der Waals surface area contributed by atoms with Gasteiger partial charge < -0.3 is 19.5 Å². The third-order valence-corrected chi connectivity index (χ3v) is 5.08. The van der Waals surface area contributed by atoms with Gasteiger partial charge in [0, 0.05) is 12.6 Å². The minimum atomic E-state index is -4.57. The predicted octanol–water partition coefficient (Wildman–Crippen LogP) is 3.36. The second-order valence-corrected chi connectivity index (χ2v) is 6.44. The molecule has 2 bridgehead atoms. The number of methoxy groups -OCH3 is 1. The average molecular weight is 341 g/mol. The largest absolute Gasteiger partial charge is 0.496 e. The van der Waals surface area contributed by atoms with Gasteiger partial charge in [-0.15, -0.1) is 0 Å². The minimum absolute atomic E-state index is 0.192. The number of fused-ring (bicyclic) bond motifs is 4. The molecule has 5 rings (SSSR count). The lowest BCUT2D eigenvalue weighted by Gasteiger charge is -2.44. The first-order chi connectivity index (χ1) is 11.5. The number of ether oxygens (including phenoxy) is 1. The molecule has 1 unspecified atom stereocenters. The van der Waals surface area contributed by atoms with Crippen molar-refractivity contribution in [3.8, 4) is 5.75 Å². The van der Waals surface area contributed by atoms with Crippen LogP contribution in [-0.2, 0) is 6.18 Å². The Labute approximate surface area is 136 Å². The van der Waals surface area contributed by atoms with Gasteiger partial charge >= 0.3 is 6.18 Å². The lowest BCUT2D eigenvalue weighted by molar-refractivity contribution is -0.138. The molecule has 3 aliphatic rings. The van der Waals surface area contributed by atoms with Crippen LogP contribution in [0.1, 0.15) is 18.4 Å². The molecule has 130 valence electrons. The van der Waals surface area contributed by atoms with Crippen molar-refractivity contribution in [3.05, 3.63) is 17.7 Å². The molecular formula is C16H18F3N3O2. The number of nitrogens with zero attached hydrogens (tertiary/aromatic N) is 2. The van der Waals surface area contributed by atoms with Crippen LogP contribution in [0.3, 0.4) is 0 Å². The van der Waals surface area contributed by atoms with Crippen LogP contribution in [0.25, 0.3) is 11.0 Å². The van der Waals surface area contributed by atoms with Crippen LogP contribution < -0.4 is 10.1 Å². The Morgan fingerprint density at radius 1 is 1.29 bits per heavy atom. The molecule has 0 aliphatic carbocycles. The van der Waals surface area contributed by atoms with Crippen molar-refractivity contribution in [1.29, 1.82) is 0 Å². The molecule has 3 fully saturated rings. The maximum Gasteiger partial charge on any atom is 0.423 e. The van der Waals surface area contributed by atoms with Crippen molar-refractivity contribution in [2.45, 2.75) is 25.1 Å². The Hall–Kier alpha value is -1.96. The Bertz CT molecular complexity index is 751. The first-order valence-electron chi connectivity index (χ1n) is 8.00. The molecule has 3 saturated heterocycles. The summed E-state index contributed by atoms with van der Waals surface area (Å²) in [4.78, 5) is 2.37. The zero-order valence-electron chi connectivity index (χ0n) is 13.2. The molecule has 4 heterocycles. The highest BCUT2D eigenvalue weighted by Crippen LogP contribution is 2.43. The fourth-order valence-corrected chi connectivity index (χ4v) is 3.83. The van der Waals surface area contributed by atoms with E-state index in [1.165, 1.54) is 13.2 Å². The number of piperidine rings is 3. The van der Waals surface area contributed by atoms with Crippen LogP contribution in [0.2, 0.25) is 0 Å². The van der Waals surface area contributed by atoms with E-state index in [0.29, 0.717) is 17.1 Å². The summed E-state index contributed by atoms with van der Waals surface area (Å²) < 4.78 is 50.0. The number of hydrogen-bond acceptors (Lipinski definition) is 5. The van der Waals surface area contributed by atoms with Gasteiger partial charge in [-0.05, 0) is 44.0 Å². The third kappa shape index (κ3) is 2.49. The van der Waals surface area contributed by atoms with E-state index in [1.807, 2.05) is 0 Å². The Morgan fingerprint density at radius 3 is 2.62 bits per heavy atom. The van der Waals surface area contributed by atoms with Gasteiger partial charge in [0.2, 0.25) is 0 Å². The number of halogens is 3. The van der Waals surface area contributed by atoms with Gasteiger partial charge in [-0.1, -0.05) is 5.16 Å². The van der Waals surface area contributed by atoms with E-state index in [9.17, 15) is 13.2 Å². The number of benzene rings is 1. The average Bonchev–Trinajstić information content (AvgIpc) is 2.97. The first kappa shape index (κ1) is 15.6. The van der Waals surface area contributed by atoms with Crippen molar-refractivity contribution in [1.82, 2.24) is 10.1 Å². The molecule has 1 aromatic heterocycles. The van der Waals surface area contributed by atoms with Gasteiger partial charge in [0.1, 0.15) is 11.3 Å². The van der Waals surface area contributed by atoms with Crippen LogP contribution in [0.15, 0.2) is 16.7 Å². The second kappa shape index (κ2) is 5.54. The van der Waals surface area contributed by atoms with Crippen LogP contribution >= 0.6 is 0 Å². The molecule has 1 N–H and O–H groups in total. The summed E-state index contributed by atoms with van der Waals surface area (Å²) in [5, 5.41) is 7.49. The van der Waals surface area contributed by atoms with Gasteiger partial charge in [0.05, 0.1) is 12.5 Å². The fraction of sp³-hybridized carbons (Fsp3) is 0.562. The topological polar surface area (TPSA) is 50.5 Å². The van der Waals surface area contributed by atoms with Crippen molar-refractivity contribution in [2.75, 3.05) is 32.1 Å². The molecule has 1 aromatic carbocycles. The van der Waals surface area contributed by atoms with E-state index in [2.05, 4.69) is 15.4 Å². The van der Waals surface area contributed by atoms with Gasteiger partial charge in [0.25, 0.3) is 0 Å². The molecular weight excluding hydrogens is 323 g/mol. The Morgan fingerprint density at radius 2 is 2.04 bits per heavy atom. The zero-order chi connectivity index (χ0) is 16.9. The normalized spacial score (nSPS) is 26.8. The third-order valence-electron chi connectivity index (χ3n) is 5.08. The summed E-state index contributed by atoms with van der Waals surface area (Å²) in [6.07, 6.45) is -2.36. The van der Waals surface area contributed by atoms with Crippen molar-refractivity contribution < 1.29 is 22.4 Å². The molecule has 24 heavy (non-hydrogen) atoms. The van der Waals surface area contributed by atoms with Gasteiger partial charge in [-0.25, -0.2) is 0 Å². The quantitative estimate of drug-likeness (QED) is 0.928. The van der Waals surface area contributed by atoms with Gasteiger partial charge in [-0.3, -0.25) is 0 Å². The monoisotopic (exact) mass is 341 g/mol. The number of rotatable bonds is 3. The van der Waals surface area contributed by atoms with Crippen molar-refractivity contribution in [3.63, 3.8) is 0 Å². The smallest absolute Gasteiger partial charge is 0.423 e. The molecule has 3 aliphatic heterocycles. The predicted molar refractivity (Wildman–Crippen MR) is 82.1 cm³/mol. The summed E-state index contributed by atoms with van der Waals surface area (Å²) >= 11 is 0. The molecule has 1 atom stereocenters. The van der Waals surface area contributed by atoms with Gasteiger partial charge in [0.15, 0.2) is 11.4 Å². The fourth-order valence-electron chi connectivity index (χ4n) is 3.83. The number of alkyl halides is 3. The van der Waals surface area contributed by atoms with E-state index in [-0.39, 0.29) is 17.4 Å². The molecule has 8 heteroatoms. The second-order valence-electron chi connectivity index (χ2n) is 6.44. The molecule has 0 saturated carbocycles. The highest BCUT2D eigenvalue weighted by Gasteiger charge is 2.40. The molecule has 0 radical (unpaired) electrons. The van der Waals surface area contributed by atoms with Gasteiger partial charge in [-0.2, -0.15) is 13.2 Å². The summed E-state index contributed by atoms with van der Waals surface area (Å²) in [6.45, 7) is 3.08. The standard InChI is InChI=1S/C16H18F3N3O2/c1-23-12-3-2-10-14(13(12)16(17,18)19)24-21-15(10)20-11-8-22-6-4-9(11)5-7-22/h2-3,9,11H,4-8H2,1H3,(H,20,21). The lowest BCUT2D eigenvalue weighted by atomic mass is 9.84. The van der Waals surface area contributed by atoms with Crippen molar-refractivity contribution >= 4 is 16.8 Å². The van der Waals surface area contributed by atoms with E-state index in [4.69, 9.17) is 9.26 Å². The number of hydrogen-bond donors (Lipinski definition) is 1. The number of aromatic nitrogens is 1. The molecule has 5 nitrogen and oxygen atoms in total. The maximum atomic E-state index is 13.4. The summed E-state index contributed by atoms with van der Waals surface area (Å²) in [5.41, 5.74) is -1.21. The maximum absolute atomic E-state index is 13.4. The zero-order valence-corrected chi connectivity index (χ0v) is 13.2. The molecule has 0 spiro atoms. The van der Waals surface area contributed by atoms with E-state index >= 15 is 0 Å². The Kier molecular flexibility index (Phi) is 3.59. The highest BCUT2D eigenvalue weighted by molar-refractivity contribution is 5.92. The van der Waals surface area contributed by atoms with Crippen LogP contribution in [0.4, 0.5) is 19.0 Å². The van der Waals surface area contributed by atoms with E-state index < -0.39 is 11.7 Å². The van der Waals surface area contributed by atoms with Crippen molar-refractivity contribution in [2.24, 2.45) is 5.92 Å². The Balaban J connectivity index is 1.70. The minimum Gasteiger partial charge on any atom is -0.496 e. The number of anilines is 1. The van der Waals surface area contributed by atoms with Crippen LogP contribution in [-0.4, -0.2) is 42.8 Å². The van der Waals surface area contributed by atoms with Crippen LogP contribution in [0.5, 0.6) is 5.75 Å². The summed E-state index contributed by atoms with van der Waals surface area (Å²) in [7, 11) is 1.21. The highest BCUT2D eigenvalue weighted by atomic mass is 19.4. The molecule has 2 aromatic rings. The van der Waals surface area contributed by atoms with E-state index in [0.717, 1.165) is 32.5 Å². The lowest BCUT2D eigenvalue weighted by Crippen LogP contribution is -2.53. The first-order valence-corrected chi connectivity index (χ1v) is 8.00. The van der Waals surface area contributed by atoms with E-state index in [1.54, 1.807) is 6.07 Å². The SMILES string of the molecule is COc1ccc2c(NC3CN4CCC3CC4)noc2c1C(F)(F)F. The summed E-state index contributed by atoms with van der Waals surface area (Å²) in [5.74, 6) is 0.638.